The summed E-state index contributed by atoms with van der Waals surface area (Å²) < 4.78 is 26.2. The molecule has 1 aliphatic heterocycles. The molecule has 0 spiro atoms. The zero-order valence-electron chi connectivity index (χ0n) is 13.5. The van der Waals surface area contributed by atoms with Crippen molar-refractivity contribution in [3.05, 3.63) is 0 Å². The zero-order chi connectivity index (χ0) is 15.8. The molecule has 20 heavy (non-hydrogen) atoms. The molecule has 0 radical (unpaired) electrons. The standard InChI is InChI=1S/C14H28N2O3S/c1-13(2,3)12(17)16-9-7-11(8-10-16)15-20(18,19)14(4,5)6/h11,15H,7-10H2,1-6H3. The lowest BCUT2D eigenvalue weighted by Crippen LogP contribution is -2.51. The van der Waals surface area contributed by atoms with Crippen LogP contribution in [0.4, 0.5) is 0 Å². The van der Waals surface area contributed by atoms with Gasteiger partial charge in [-0.3, -0.25) is 4.79 Å². The van der Waals surface area contributed by atoms with E-state index < -0.39 is 14.8 Å². The number of likely N-dealkylation sites (tertiary alicyclic amines) is 1. The van der Waals surface area contributed by atoms with Crippen LogP contribution in [0.2, 0.25) is 0 Å². The third-order valence-electron chi connectivity index (χ3n) is 3.55. The summed E-state index contributed by atoms with van der Waals surface area (Å²) in [6.07, 6.45) is 1.36. The summed E-state index contributed by atoms with van der Waals surface area (Å²) >= 11 is 0. The summed E-state index contributed by atoms with van der Waals surface area (Å²) in [5.41, 5.74) is -0.377. The Kier molecular flexibility index (Phi) is 4.91. The summed E-state index contributed by atoms with van der Waals surface area (Å²) in [6, 6.07) is -0.0664. The Morgan fingerprint density at radius 1 is 1.05 bits per heavy atom. The molecule has 1 amide bonds. The molecule has 0 saturated carbocycles. The Morgan fingerprint density at radius 2 is 1.50 bits per heavy atom. The first-order valence-corrected chi connectivity index (χ1v) is 8.64. The molecule has 6 heteroatoms. The van der Waals surface area contributed by atoms with Gasteiger partial charge in [-0.05, 0) is 33.6 Å². The van der Waals surface area contributed by atoms with E-state index in [4.69, 9.17) is 0 Å². The molecule has 0 aromatic carbocycles. The Morgan fingerprint density at radius 3 is 1.85 bits per heavy atom. The van der Waals surface area contributed by atoms with E-state index in [2.05, 4.69) is 4.72 Å². The van der Waals surface area contributed by atoms with Crippen LogP contribution in [-0.4, -0.2) is 43.1 Å². The fourth-order valence-corrected chi connectivity index (χ4v) is 3.10. The van der Waals surface area contributed by atoms with Crippen molar-refractivity contribution >= 4 is 15.9 Å². The molecule has 0 aliphatic carbocycles. The Labute approximate surface area is 123 Å². The molecule has 1 aliphatic rings. The summed E-state index contributed by atoms with van der Waals surface area (Å²) in [4.78, 5) is 14.0. The average Bonchev–Trinajstić information content (AvgIpc) is 2.26. The number of hydrogen-bond acceptors (Lipinski definition) is 3. The fraction of sp³-hybridized carbons (Fsp3) is 0.929. The molecule has 0 aromatic heterocycles. The smallest absolute Gasteiger partial charge is 0.227 e. The van der Waals surface area contributed by atoms with E-state index in [1.54, 1.807) is 20.8 Å². The van der Waals surface area contributed by atoms with E-state index in [1.165, 1.54) is 0 Å². The predicted molar refractivity (Wildman–Crippen MR) is 80.9 cm³/mol. The lowest BCUT2D eigenvalue weighted by Gasteiger charge is -2.36. The van der Waals surface area contributed by atoms with Crippen molar-refractivity contribution in [2.75, 3.05) is 13.1 Å². The Hall–Kier alpha value is -0.620. The van der Waals surface area contributed by atoms with Gasteiger partial charge in [-0.15, -0.1) is 0 Å². The summed E-state index contributed by atoms with van der Waals surface area (Å²) in [5.74, 6) is 0.134. The van der Waals surface area contributed by atoms with Crippen molar-refractivity contribution in [3.8, 4) is 0 Å². The molecule has 0 unspecified atom stereocenters. The van der Waals surface area contributed by atoms with E-state index >= 15 is 0 Å². The van der Waals surface area contributed by atoms with Gasteiger partial charge in [-0.25, -0.2) is 13.1 Å². The maximum atomic E-state index is 12.2. The van der Waals surface area contributed by atoms with Crippen LogP contribution >= 0.6 is 0 Å². The molecule has 1 heterocycles. The minimum Gasteiger partial charge on any atom is -0.342 e. The zero-order valence-corrected chi connectivity index (χ0v) is 14.3. The van der Waals surface area contributed by atoms with E-state index in [0.29, 0.717) is 25.9 Å². The van der Waals surface area contributed by atoms with Crippen molar-refractivity contribution in [2.24, 2.45) is 5.41 Å². The third kappa shape index (κ3) is 4.19. The summed E-state index contributed by atoms with van der Waals surface area (Å²) in [5, 5.41) is 0. The Balaban J connectivity index is 2.58. The molecule has 1 fully saturated rings. The second-order valence-corrected chi connectivity index (χ2v) is 10.0. The average molecular weight is 304 g/mol. The van der Waals surface area contributed by atoms with Gasteiger partial charge in [0, 0.05) is 24.5 Å². The number of carbonyl (C=O) groups is 1. The highest BCUT2D eigenvalue weighted by Crippen LogP contribution is 2.22. The molecular weight excluding hydrogens is 276 g/mol. The molecule has 1 N–H and O–H groups in total. The maximum Gasteiger partial charge on any atom is 0.227 e. The predicted octanol–water partition coefficient (Wildman–Crippen LogP) is 1.74. The summed E-state index contributed by atoms with van der Waals surface area (Å²) in [6.45, 7) is 12.0. The van der Waals surface area contributed by atoms with Gasteiger partial charge in [-0.1, -0.05) is 20.8 Å². The quantitative estimate of drug-likeness (QED) is 0.845. The largest absolute Gasteiger partial charge is 0.342 e. The topological polar surface area (TPSA) is 66.5 Å². The van der Waals surface area contributed by atoms with Gasteiger partial charge in [0.15, 0.2) is 0 Å². The highest BCUT2D eigenvalue weighted by atomic mass is 32.2. The first-order chi connectivity index (χ1) is 8.84. The third-order valence-corrected chi connectivity index (χ3v) is 5.81. The molecule has 1 rings (SSSR count). The monoisotopic (exact) mass is 304 g/mol. The van der Waals surface area contributed by atoms with Gasteiger partial charge in [0.05, 0.1) is 4.75 Å². The van der Waals surface area contributed by atoms with Crippen LogP contribution in [0.15, 0.2) is 0 Å². The second-order valence-electron chi connectivity index (χ2n) is 7.55. The number of amides is 1. The van der Waals surface area contributed by atoms with Crippen LogP contribution in [0.5, 0.6) is 0 Å². The minimum absolute atomic E-state index is 0.0664. The number of nitrogens with zero attached hydrogens (tertiary/aromatic N) is 1. The van der Waals surface area contributed by atoms with Crippen molar-refractivity contribution in [2.45, 2.75) is 65.2 Å². The second kappa shape index (κ2) is 5.64. The van der Waals surface area contributed by atoms with Gasteiger partial charge in [0.25, 0.3) is 0 Å². The van der Waals surface area contributed by atoms with Gasteiger partial charge < -0.3 is 4.90 Å². The van der Waals surface area contributed by atoms with Gasteiger partial charge in [-0.2, -0.15) is 0 Å². The Bertz CT molecular complexity index is 450. The van der Waals surface area contributed by atoms with Crippen LogP contribution in [0.1, 0.15) is 54.4 Å². The molecule has 5 nitrogen and oxygen atoms in total. The first kappa shape index (κ1) is 17.4. The number of sulfonamides is 1. The number of carbonyl (C=O) groups excluding carboxylic acids is 1. The van der Waals surface area contributed by atoms with E-state index in [9.17, 15) is 13.2 Å². The van der Waals surface area contributed by atoms with Crippen LogP contribution < -0.4 is 4.72 Å². The number of nitrogens with one attached hydrogen (secondary N) is 1. The highest BCUT2D eigenvalue weighted by molar-refractivity contribution is 7.90. The maximum absolute atomic E-state index is 12.2. The van der Waals surface area contributed by atoms with E-state index in [1.807, 2.05) is 25.7 Å². The van der Waals surface area contributed by atoms with Gasteiger partial charge in [0.2, 0.25) is 15.9 Å². The van der Waals surface area contributed by atoms with Crippen molar-refractivity contribution in [1.29, 1.82) is 0 Å². The molecule has 0 aromatic rings. The lowest BCUT2D eigenvalue weighted by molar-refractivity contribution is -0.140. The molecule has 0 bridgehead atoms. The number of rotatable bonds is 2. The highest BCUT2D eigenvalue weighted by Gasteiger charge is 2.34. The SMILES string of the molecule is CC(C)(C)C(=O)N1CCC(NS(=O)(=O)C(C)(C)C)CC1. The van der Waals surface area contributed by atoms with Gasteiger partial charge in [0.1, 0.15) is 0 Å². The minimum atomic E-state index is -3.32. The van der Waals surface area contributed by atoms with Crippen molar-refractivity contribution < 1.29 is 13.2 Å². The van der Waals surface area contributed by atoms with Crippen LogP contribution in [0, 0.1) is 5.41 Å². The summed E-state index contributed by atoms with van der Waals surface area (Å²) in [7, 11) is -3.32. The van der Waals surface area contributed by atoms with Crippen LogP contribution in [-0.2, 0) is 14.8 Å². The van der Waals surface area contributed by atoms with E-state index in [0.717, 1.165) is 0 Å². The number of hydrogen-bond donors (Lipinski definition) is 1. The van der Waals surface area contributed by atoms with Gasteiger partial charge >= 0.3 is 0 Å². The van der Waals surface area contributed by atoms with Crippen LogP contribution in [0.3, 0.4) is 0 Å². The normalized spacial score (nSPS) is 19.2. The molecule has 1 saturated heterocycles. The fourth-order valence-electron chi connectivity index (χ4n) is 2.07. The van der Waals surface area contributed by atoms with Crippen LogP contribution in [0.25, 0.3) is 0 Å². The van der Waals surface area contributed by atoms with Crippen molar-refractivity contribution in [1.82, 2.24) is 9.62 Å². The number of piperidine rings is 1. The molecule has 118 valence electrons. The molecule has 0 atom stereocenters. The molecular formula is C14H28N2O3S. The lowest BCUT2D eigenvalue weighted by atomic mass is 9.93. The van der Waals surface area contributed by atoms with Crippen molar-refractivity contribution in [3.63, 3.8) is 0 Å². The first-order valence-electron chi connectivity index (χ1n) is 7.16. The van der Waals surface area contributed by atoms with E-state index in [-0.39, 0.29) is 17.4 Å².